The third-order valence-corrected chi connectivity index (χ3v) is 5.33. The molecule has 0 amide bonds. The molecule has 0 radical (unpaired) electrons. The van der Waals surface area contributed by atoms with E-state index in [-0.39, 0.29) is 17.5 Å². The molecule has 172 valence electrons. The number of aryl methyl sites for hydroxylation is 3. The van der Waals surface area contributed by atoms with Crippen molar-refractivity contribution in [2.24, 2.45) is 4.99 Å². The first-order valence-corrected chi connectivity index (χ1v) is 10.4. The minimum Gasteiger partial charge on any atom is -0.455 e. The number of aliphatic imine (C=N–C) groups is 1. The molecule has 0 bridgehead atoms. The van der Waals surface area contributed by atoms with Gasteiger partial charge in [-0.2, -0.15) is 23.4 Å². The topological polar surface area (TPSA) is 68.6 Å². The van der Waals surface area contributed by atoms with Crippen LogP contribution in [0.1, 0.15) is 33.5 Å². The molecule has 0 spiro atoms. The summed E-state index contributed by atoms with van der Waals surface area (Å²) in [6.45, 7) is 6.20. The zero-order valence-electron chi connectivity index (χ0n) is 18.4. The summed E-state index contributed by atoms with van der Waals surface area (Å²) in [5.74, 6) is 0.650. The fourth-order valence-electron chi connectivity index (χ4n) is 3.69. The van der Waals surface area contributed by atoms with Crippen molar-refractivity contribution in [2.75, 3.05) is 6.61 Å². The second kappa shape index (κ2) is 9.19. The highest BCUT2D eigenvalue weighted by molar-refractivity contribution is 6.01. The smallest absolute Gasteiger partial charge is 0.416 e. The Morgan fingerprint density at radius 3 is 2.70 bits per heavy atom. The van der Waals surface area contributed by atoms with Crippen LogP contribution in [0.5, 0.6) is 11.5 Å². The predicted octanol–water partition coefficient (Wildman–Crippen LogP) is 5.11. The van der Waals surface area contributed by atoms with Gasteiger partial charge in [0, 0.05) is 0 Å². The van der Waals surface area contributed by atoms with Gasteiger partial charge in [0.05, 0.1) is 35.7 Å². The van der Waals surface area contributed by atoms with Crippen LogP contribution in [-0.4, -0.2) is 28.7 Å². The summed E-state index contributed by atoms with van der Waals surface area (Å²) in [5.41, 5.74) is 6.52. The van der Waals surface area contributed by atoms with E-state index >= 15 is 0 Å². The van der Waals surface area contributed by atoms with E-state index in [1.54, 1.807) is 6.92 Å². The second-order valence-corrected chi connectivity index (χ2v) is 7.98. The molecular formula is C24H23F3N4O2. The molecule has 1 unspecified atom stereocenters. The van der Waals surface area contributed by atoms with Gasteiger partial charge in [-0.25, -0.2) is 5.48 Å². The molecule has 2 heterocycles. The molecule has 6 nitrogen and oxygen atoms in total. The lowest BCUT2D eigenvalue weighted by Crippen LogP contribution is -2.37. The highest BCUT2D eigenvalue weighted by atomic mass is 19.4. The lowest BCUT2D eigenvalue weighted by molar-refractivity contribution is -0.137. The SMILES string of the molecule is Cc1ccc(CC2CONC(c3c(Oc4cccc(C(F)(F)F)c4)cnnc3C)=N2)c(C)c1. The Morgan fingerprint density at radius 1 is 1.12 bits per heavy atom. The Bertz CT molecular complexity index is 1190. The van der Waals surface area contributed by atoms with E-state index in [0.717, 1.165) is 12.1 Å². The summed E-state index contributed by atoms with van der Waals surface area (Å²) in [6, 6.07) is 10.8. The molecule has 0 fully saturated rings. The van der Waals surface area contributed by atoms with Crippen LogP contribution in [-0.2, 0) is 17.4 Å². The standard InChI is InChI=1S/C24H23F3N4O2/c1-14-7-8-17(15(2)9-14)10-19-13-32-31-23(29-19)22-16(3)30-28-12-21(22)33-20-6-4-5-18(11-20)24(25,26)27/h4-9,11-12,19H,10,13H2,1-3H3,(H,29,31). The van der Waals surface area contributed by atoms with Gasteiger partial charge in [-0.1, -0.05) is 29.8 Å². The van der Waals surface area contributed by atoms with Crippen LogP contribution in [0.2, 0.25) is 0 Å². The van der Waals surface area contributed by atoms with Crippen LogP contribution in [0.4, 0.5) is 13.2 Å². The van der Waals surface area contributed by atoms with Crippen LogP contribution >= 0.6 is 0 Å². The molecule has 1 aliphatic rings. The van der Waals surface area contributed by atoms with Gasteiger partial charge in [0.1, 0.15) is 5.75 Å². The summed E-state index contributed by atoms with van der Waals surface area (Å²) in [6.07, 6.45) is -2.45. The zero-order valence-corrected chi connectivity index (χ0v) is 18.4. The van der Waals surface area contributed by atoms with Gasteiger partial charge in [0.2, 0.25) is 0 Å². The number of ether oxygens (including phenoxy) is 1. The molecule has 1 aliphatic heterocycles. The molecule has 0 aliphatic carbocycles. The minimum atomic E-state index is -4.47. The zero-order chi connectivity index (χ0) is 23.6. The number of amidine groups is 1. The Labute approximate surface area is 189 Å². The number of aromatic nitrogens is 2. The number of alkyl halides is 3. The van der Waals surface area contributed by atoms with E-state index < -0.39 is 11.7 Å². The summed E-state index contributed by atoms with van der Waals surface area (Å²) < 4.78 is 45.1. The van der Waals surface area contributed by atoms with Crippen molar-refractivity contribution < 1.29 is 22.7 Å². The van der Waals surface area contributed by atoms with Gasteiger partial charge in [0.25, 0.3) is 0 Å². The number of hydroxylamine groups is 1. The first-order chi connectivity index (χ1) is 15.7. The summed E-state index contributed by atoms with van der Waals surface area (Å²) in [7, 11) is 0. The number of benzene rings is 2. The van der Waals surface area contributed by atoms with Crippen LogP contribution in [0, 0.1) is 20.8 Å². The van der Waals surface area contributed by atoms with Gasteiger partial charge in [-0.3, -0.25) is 9.83 Å². The van der Waals surface area contributed by atoms with Gasteiger partial charge < -0.3 is 4.74 Å². The van der Waals surface area contributed by atoms with Gasteiger partial charge in [0.15, 0.2) is 11.6 Å². The monoisotopic (exact) mass is 456 g/mol. The average molecular weight is 456 g/mol. The molecule has 33 heavy (non-hydrogen) atoms. The summed E-state index contributed by atoms with van der Waals surface area (Å²) >= 11 is 0. The van der Waals surface area contributed by atoms with E-state index in [1.807, 2.05) is 6.92 Å². The number of hydrogen-bond acceptors (Lipinski definition) is 6. The fraction of sp³-hybridized carbons (Fsp3) is 0.292. The van der Waals surface area contributed by atoms with Crippen LogP contribution < -0.4 is 10.2 Å². The highest BCUT2D eigenvalue weighted by Gasteiger charge is 2.31. The maximum absolute atomic E-state index is 13.1. The largest absolute Gasteiger partial charge is 0.455 e. The highest BCUT2D eigenvalue weighted by Crippen LogP contribution is 2.33. The minimum absolute atomic E-state index is 0.0302. The summed E-state index contributed by atoms with van der Waals surface area (Å²) in [4.78, 5) is 10.4. The number of nitrogens with one attached hydrogen (secondary N) is 1. The molecule has 9 heteroatoms. The van der Waals surface area contributed by atoms with E-state index in [9.17, 15) is 13.2 Å². The van der Waals surface area contributed by atoms with Gasteiger partial charge >= 0.3 is 6.18 Å². The van der Waals surface area contributed by atoms with Crippen molar-refractivity contribution in [1.29, 1.82) is 0 Å². The van der Waals surface area contributed by atoms with Crippen LogP contribution in [0.25, 0.3) is 0 Å². The molecule has 0 saturated heterocycles. The second-order valence-electron chi connectivity index (χ2n) is 7.98. The average Bonchev–Trinajstić information content (AvgIpc) is 2.76. The summed E-state index contributed by atoms with van der Waals surface area (Å²) in [5, 5.41) is 7.95. The molecule has 3 aromatic rings. The van der Waals surface area contributed by atoms with Gasteiger partial charge in [-0.15, -0.1) is 0 Å². The molecule has 1 aromatic heterocycles. The van der Waals surface area contributed by atoms with Crippen molar-refractivity contribution >= 4 is 5.84 Å². The molecular weight excluding hydrogens is 433 g/mol. The maximum atomic E-state index is 13.1. The van der Waals surface area contributed by atoms with Crippen LogP contribution in [0.3, 0.4) is 0 Å². The first kappa shape index (κ1) is 22.7. The van der Waals surface area contributed by atoms with E-state index in [2.05, 4.69) is 40.8 Å². The van der Waals surface area contributed by atoms with Crippen molar-refractivity contribution in [3.63, 3.8) is 0 Å². The van der Waals surface area contributed by atoms with Gasteiger partial charge in [-0.05, 0) is 56.5 Å². The molecule has 1 atom stereocenters. The Morgan fingerprint density at radius 2 is 1.94 bits per heavy atom. The predicted molar refractivity (Wildman–Crippen MR) is 117 cm³/mol. The molecule has 2 aromatic carbocycles. The first-order valence-electron chi connectivity index (χ1n) is 10.4. The van der Waals surface area contributed by atoms with Crippen LogP contribution in [0.15, 0.2) is 53.7 Å². The lowest BCUT2D eigenvalue weighted by atomic mass is 9.99. The number of halogens is 3. The normalized spacial score (nSPS) is 16.2. The number of rotatable bonds is 5. The third kappa shape index (κ3) is 5.31. The van der Waals surface area contributed by atoms with Crippen molar-refractivity contribution in [3.8, 4) is 11.5 Å². The molecule has 0 saturated carbocycles. The fourth-order valence-corrected chi connectivity index (χ4v) is 3.69. The molecule has 4 rings (SSSR count). The maximum Gasteiger partial charge on any atom is 0.416 e. The Kier molecular flexibility index (Phi) is 6.33. The van der Waals surface area contributed by atoms with E-state index in [1.165, 1.54) is 35.0 Å². The Balaban J connectivity index is 1.64. The lowest BCUT2D eigenvalue weighted by Gasteiger charge is -2.24. The van der Waals surface area contributed by atoms with E-state index in [4.69, 9.17) is 14.6 Å². The molecule has 1 N–H and O–H groups in total. The third-order valence-electron chi connectivity index (χ3n) is 5.33. The van der Waals surface area contributed by atoms with Crippen molar-refractivity contribution in [1.82, 2.24) is 15.7 Å². The van der Waals surface area contributed by atoms with Crippen molar-refractivity contribution in [2.45, 2.75) is 39.4 Å². The number of hydrogen-bond donors (Lipinski definition) is 1. The van der Waals surface area contributed by atoms with Crippen molar-refractivity contribution in [3.05, 3.63) is 82.2 Å². The Hall–Kier alpha value is -3.46. The van der Waals surface area contributed by atoms with E-state index in [0.29, 0.717) is 30.1 Å². The number of nitrogens with zero attached hydrogens (tertiary/aromatic N) is 3. The quantitative estimate of drug-likeness (QED) is 0.578.